The van der Waals surface area contributed by atoms with Crippen molar-refractivity contribution < 1.29 is 4.79 Å². The average Bonchev–Trinajstić information content (AvgIpc) is 2.19. The summed E-state index contributed by atoms with van der Waals surface area (Å²) in [4.78, 5) is 14.3. The zero-order valence-electron chi connectivity index (χ0n) is 10.7. The second-order valence-electron chi connectivity index (χ2n) is 5.63. The normalized spacial score (nSPS) is 17.8. The maximum atomic E-state index is 12.2. The van der Waals surface area contributed by atoms with Crippen LogP contribution in [0, 0.1) is 5.41 Å². The molecule has 0 radical (unpaired) electrons. The monoisotopic (exact) mass is 227 g/mol. The van der Waals surface area contributed by atoms with Crippen molar-refractivity contribution >= 4 is 5.91 Å². The summed E-state index contributed by atoms with van der Waals surface area (Å²) >= 11 is 0. The Balaban J connectivity index is 0.00000225. The van der Waals surface area contributed by atoms with Gasteiger partial charge in [0.1, 0.15) is 0 Å². The zero-order valence-corrected chi connectivity index (χ0v) is 10.7. The van der Waals surface area contributed by atoms with E-state index in [1.807, 2.05) is 20.8 Å². The van der Waals surface area contributed by atoms with Crippen LogP contribution in [0.5, 0.6) is 0 Å². The van der Waals surface area contributed by atoms with E-state index in [4.69, 9.17) is 0 Å². The molecule has 0 N–H and O–H groups in total. The van der Waals surface area contributed by atoms with Crippen molar-refractivity contribution in [2.45, 2.75) is 73.3 Å². The molecule has 0 aromatic rings. The number of hydrogen-bond donors (Lipinski definition) is 0. The van der Waals surface area contributed by atoms with E-state index in [0.717, 1.165) is 6.54 Å². The number of carbonyl (C=O) groups is 1. The summed E-state index contributed by atoms with van der Waals surface area (Å²) in [5.41, 5.74) is -0.229. The van der Waals surface area contributed by atoms with Gasteiger partial charge in [-0.3, -0.25) is 4.79 Å². The van der Waals surface area contributed by atoms with Gasteiger partial charge in [0.15, 0.2) is 0 Å². The van der Waals surface area contributed by atoms with Crippen LogP contribution in [0.4, 0.5) is 0 Å². The van der Waals surface area contributed by atoms with Crippen LogP contribution < -0.4 is 0 Å². The molecule has 1 rings (SSSR count). The lowest BCUT2D eigenvalue weighted by atomic mass is 9.89. The molecule has 0 saturated heterocycles. The van der Waals surface area contributed by atoms with Gasteiger partial charge >= 0.3 is 0 Å². The number of amides is 1. The van der Waals surface area contributed by atoms with E-state index in [0.29, 0.717) is 11.9 Å². The number of rotatable bonds is 2. The van der Waals surface area contributed by atoms with E-state index < -0.39 is 0 Å². The smallest absolute Gasteiger partial charge is 0.228 e. The first-order valence-electron chi connectivity index (χ1n) is 6.28. The van der Waals surface area contributed by atoms with Crippen molar-refractivity contribution in [2.24, 2.45) is 5.41 Å². The molecule has 1 fully saturated rings. The van der Waals surface area contributed by atoms with Crippen LogP contribution in [-0.2, 0) is 4.79 Å². The van der Waals surface area contributed by atoms with Crippen molar-refractivity contribution in [2.75, 3.05) is 6.54 Å². The van der Waals surface area contributed by atoms with E-state index in [2.05, 4.69) is 11.8 Å². The standard InChI is InChI=1S/C13H25NO.CH4/c1-5-14(12(15)13(2,3)4)11-9-7-6-8-10-11;/h11H,5-10H2,1-4H3;1H4. The fourth-order valence-corrected chi connectivity index (χ4v) is 2.39. The summed E-state index contributed by atoms with van der Waals surface area (Å²) in [7, 11) is 0. The fraction of sp³-hybridized carbons (Fsp3) is 0.929. The third-order valence-electron chi connectivity index (χ3n) is 3.26. The molecule has 0 aromatic carbocycles. The van der Waals surface area contributed by atoms with Crippen molar-refractivity contribution in [3.8, 4) is 0 Å². The Labute approximate surface area is 101 Å². The molecular weight excluding hydrogens is 198 g/mol. The van der Waals surface area contributed by atoms with Gasteiger partial charge in [-0.25, -0.2) is 0 Å². The Morgan fingerprint density at radius 1 is 1.19 bits per heavy atom. The summed E-state index contributed by atoms with van der Waals surface area (Å²) in [5, 5.41) is 0. The molecule has 0 bridgehead atoms. The third-order valence-corrected chi connectivity index (χ3v) is 3.26. The van der Waals surface area contributed by atoms with Crippen LogP contribution >= 0.6 is 0 Å². The van der Waals surface area contributed by atoms with Crippen LogP contribution in [0.3, 0.4) is 0 Å². The molecule has 0 unspecified atom stereocenters. The predicted molar refractivity (Wildman–Crippen MR) is 70.4 cm³/mol. The lowest BCUT2D eigenvalue weighted by molar-refractivity contribution is -0.142. The Morgan fingerprint density at radius 2 is 1.69 bits per heavy atom. The highest BCUT2D eigenvalue weighted by Crippen LogP contribution is 2.26. The van der Waals surface area contributed by atoms with E-state index in [1.165, 1.54) is 32.1 Å². The summed E-state index contributed by atoms with van der Waals surface area (Å²) in [6.07, 6.45) is 6.33. The van der Waals surface area contributed by atoms with E-state index >= 15 is 0 Å². The molecule has 1 saturated carbocycles. The van der Waals surface area contributed by atoms with Gasteiger partial charge in [0, 0.05) is 18.0 Å². The predicted octanol–water partition coefficient (Wildman–Crippen LogP) is 3.85. The van der Waals surface area contributed by atoms with Gasteiger partial charge in [-0.2, -0.15) is 0 Å². The number of carbonyl (C=O) groups excluding carboxylic acids is 1. The highest BCUT2D eigenvalue weighted by Gasteiger charge is 2.31. The van der Waals surface area contributed by atoms with Gasteiger partial charge in [0.25, 0.3) is 0 Å². The largest absolute Gasteiger partial charge is 0.340 e. The van der Waals surface area contributed by atoms with Crippen molar-refractivity contribution in [1.29, 1.82) is 0 Å². The first-order chi connectivity index (χ1) is 6.96. The van der Waals surface area contributed by atoms with Gasteiger partial charge in [0.05, 0.1) is 0 Å². The highest BCUT2D eigenvalue weighted by atomic mass is 16.2. The van der Waals surface area contributed by atoms with E-state index in [9.17, 15) is 4.79 Å². The molecule has 0 spiro atoms. The maximum Gasteiger partial charge on any atom is 0.228 e. The molecule has 16 heavy (non-hydrogen) atoms. The van der Waals surface area contributed by atoms with Crippen LogP contribution in [0.1, 0.15) is 67.2 Å². The third kappa shape index (κ3) is 3.80. The topological polar surface area (TPSA) is 20.3 Å². The highest BCUT2D eigenvalue weighted by molar-refractivity contribution is 5.81. The second-order valence-corrected chi connectivity index (χ2v) is 5.63. The maximum absolute atomic E-state index is 12.2. The first-order valence-corrected chi connectivity index (χ1v) is 6.28. The average molecular weight is 227 g/mol. The van der Waals surface area contributed by atoms with Crippen molar-refractivity contribution in [1.82, 2.24) is 4.90 Å². The van der Waals surface area contributed by atoms with Crippen molar-refractivity contribution in [3.63, 3.8) is 0 Å². The van der Waals surface area contributed by atoms with Crippen LogP contribution in [-0.4, -0.2) is 23.4 Å². The Kier molecular flexibility index (Phi) is 6.06. The van der Waals surface area contributed by atoms with Gasteiger partial charge in [-0.05, 0) is 19.8 Å². The lowest BCUT2D eigenvalue weighted by Crippen LogP contribution is -2.46. The van der Waals surface area contributed by atoms with Gasteiger partial charge in [0.2, 0.25) is 5.91 Å². The number of hydrogen-bond acceptors (Lipinski definition) is 1. The zero-order chi connectivity index (χ0) is 11.5. The minimum atomic E-state index is -0.229. The summed E-state index contributed by atoms with van der Waals surface area (Å²) in [5.74, 6) is 0.317. The molecule has 1 amide bonds. The Hall–Kier alpha value is -0.530. The molecule has 0 aliphatic heterocycles. The molecule has 2 nitrogen and oxygen atoms in total. The first kappa shape index (κ1) is 15.5. The minimum Gasteiger partial charge on any atom is -0.340 e. The summed E-state index contributed by atoms with van der Waals surface area (Å²) in [6, 6.07) is 0.510. The quantitative estimate of drug-likeness (QED) is 0.701. The van der Waals surface area contributed by atoms with Gasteiger partial charge < -0.3 is 4.90 Å². The van der Waals surface area contributed by atoms with Crippen LogP contribution in [0.25, 0.3) is 0 Å². The lowest BCUT2D eigenvalue weighted by Gasteiger charge is -2.37. The van der Waals surface area contributed by atoms with Crippen LogP contribution in [0.2, 0.25) is 0 Å². The molecule has 96 valence electrons. The summed E-state index contributed by atoms with van der Waals surface area (Å²) < 4.78 is 0. The Bertz CT molecular complexity index is 211. The number of nitrogens with zero attached hydrogens (tertiary/aromatic N) is 1. The molecule has 1 aliphatic carbocycles. The molecule has 0 atom stereocenters. The molecule has 0 heterocycles. The van der Waals surface area contributed by atoms with Gasteiger partial charge in [-0.1, -0.05) is 47.5 Å². The fourth-order valence-electron chi connectivity index (χ4n) is 2.39. The van der Waals surface area contributed by atoms with Crippen molar-refractivity contribution in [3.05, 3.63) is 0 Å². The molecular formula is C14H29NO. The molecule has 0 aromatic heterocycles. The molecule has 2 heteroatoms. The second kappa shape index (κ2) is 6.27. The van der Waals surface area contributed by atoms with Gasteiger partial charge in [-0.15, -0.1) is 0 Å². The molecule has 1 aliphatic rings. The van der Waals surface area contributed by atoms with Crippen LogP contribution in [0.15, 0.2) is 0 Å². The minimum absolute atomic E-state index is 0. The van der Waals surface area contributed by atoms with E-state index in [1.54, 1.807) is 0 Å². The Morgan fingerprint density at radius 3 is 2.06 bits per heavy atom. The summed E-state index contributed by atoms with van der Waals surface area (Å²) in [6.45, 7) is 9.00. The van der Waals surface area contributed by atoms with E-state index in [-0.39, 0.29) is 12.8 Å². The SMILES string of the molecule is C.CCN(C(=O)C(C)(C)C)C1CCCCC1.